The lowest BCUT2D eigenvalue weighted by atomic mass is 9.87. The van der Waals surface area contributed by atoms with E-state index in [0.717, 1.165) is 5.56 Å². The third-order valence-corrected chi connectivity index (χ3v) is 2.93. The molecule has 2 rings (SSSR count). The minimum absolute atomic E-state index is 0.0827. The van der Waals surface area contributed by atoms with Gasteiger partial charge in [-0.3, -0.25) is 20.2 Å². The zero-order chi connectivity index (χ0) is 11.7. The molecule has 1 aliphatic carbocycles. The number of nitro groups is 2. The summed E-state index contributed by atoms with van der Waals surface area (Å²) in [6.07, 6.45) is 1.09. The van der Waals surface area contributed by atoms with Gasteiger partial charge in [0, 0.05) is 29.4 Å². The Morgan fingerprint density at radius 2 is 2.00 bits per heavy atom. The first-order chi connectivity index (χ1) is 7.59. The molecule has 1 aromatic rings. The highest BCUT2D eigenvalue weighted by Crippen LogP contribution is 2.30. The quantitative estimate of drug-likeness (QED) is 0.563. The number of fused-ring (bicyclic) bond motifs is 1. The van der Waals surface area contributed by atoms with Crippen LogP contribution in [0.5, 0.6) is 0 Å². The summed E-state index contributed by atoms with van der Waals surface area (Å²) in [5, 5.41) is 21.4. The molecule has 0 heterocycles. The Bertz CT molecular complexity index is 458. The molecule has 0 radical (unpaired) electrons. The summed E-state index contributed by atoms with van der Waals surface area (Å²) < 4.78 is 0. The van der Waals surface area contributed by atoms with Crippen LogP contribution < -0.4 is 0 Å². The van der Waals surface area contributed by atoms with Crippen molar-refractivity contribution < 1.29 is 9.85 Å². The van der Waals surface area contributed by atoms with Crippen molar-refractivity contribution in [3.8, 4) is 0 Å². The van der Waals surface area contributed by atoms with Gasteiger partial charge in [-0.15, -0.1) is 0 Å². The molecule has 0 spiro atoms. The van der Waals surface area contributed by atoms with E-state index in [0.29, 0.717) is 24.8 Å². The first kappa shape index (κ1) is 10.5. The molecule has 0 unspecified atom stereocenters. The minimum Gasteiger partial charge on any atom is -0.264 e. The molecule has 0 fully saturated rings. The summed E-state index contributed by atoms with van der Waals surface area (Å²) in [5.74, 6) is 0. The molecular formula is C10H10N2O4. The number of nitrogens with zero attached hydrogens (tertiary/aromatic N) is 2. The SMILES string of the molecule is O=[N+]([O-])c1cccc2c1CC[C@H]([N+](=O)[O-])C2. The maximum Gasteiger partial charge on any atom is 0.272 e. The average molecular weight is 222 g/mol. The first-order valence-electron chi connectivity index (χ1n) is 4.98. The molecule has 6 nitrogen and oxygen atoms in total. The number of rotatable bonds is 2. The number of hydrogen-bond donors (Lipinski definition) is 0. The van der Waals surface area contributed by atoms with E-state index in [2.05, 4.69) is 0 Å². The van der Waals surface area contributed by atoms with E-state index in [1.807, 2.05) is 0 Å². The van der Waals surface area contributed by atoms with E-state index in [1.54, 1.807) is 12.1 Å². The molecule has 1 aliphatic rings. The fourth-order valence-electron chi connectivity index (χ4n) is 2.12. The van der Waals surface area contributed by atoms with Crippen LogP contribution in [0.25, 0.3) is 0 Å². The second kappa shape index (κ2) is 3.88. The van der Waals surface area contributed by atoms with Gasteiger partial charge >= 0.3 is 0 Å². The Hall–Kier alpha value is -1.98. The molecule has 0 N–H and O–H groups in total. The lowest BCUT2D eigenvalue weighted by Crippen LogP contribution is -2.27. The molecule has 1 aromatic carbocycles. The van der Waals surface area contributed by atoms with Crippen LogP contribution in [0.4, 0.5) is 5.69 Å². The molecule has 6 heteroatoms. The molecule has 0 bridgehead atoms. The Labute approximate surface area is 91.2 Å². The fraction of sp³-hybridized carbons (Fsp3) is 0.400. The summed E-state index contributed by atoms with van der Waals surface area (Å²) >= 11 is 0. The van der Waals surface area contributed by atoms with Crippen LogP contribution in [0.2, 0.25) is 0 Å². The summed E-state index contributed by atoms with van der Waals surface area (Å²) in [4.78, 5) is 20.7. The van der Waals surface area contributed by atoms with Crippen LogP contribution in [-0.4, -0.2) is 15.9 Å². The average Bonchev–Trinajstić information content (AvgIpc) is 2.27. The largest absolute Gasteiger partial charge is 0.272 e. The van der Waals surface area contributed by atoms with Gasteiger partial charge in [-0.1, -0.05) is 12.1 Å². The maximum atomic E-state index is 10.8. The molecule has 0 aliphatic heterocycles. The molecule has 0 amide bonds. The molecule has 0 aromatic heterocycles. The zero-order valence-electron chi connectivity index (χ0n) is 8.46. The first-order valence-corrected chi connectivity index (χ1v) is 4.98. The molecule has 0 saturated carbocycles. The van der Waals surface area contributed by atoms with E-state index in [9.17, 15) is 20.2 Å². The predicted octanol–water partition coefficient (Wildman–Crippen LogP) is 1.73. The van der Waals surface area contributed by atoms with Gasteiger partial charge in [0.2, 0.25) is 6.04 Å². The van der Waals surface area contributed by atoms with E-state index in [1.165, 1.54) is 6.07 Å². The normalized spacial score (nSPS) is 18.9. The van der Waals surface area contributed by atoms with Crippen molar-refractivity contribution in [2.24, 2.45) is 0 Å². The van der Waals surface area contributed by atoms with Crippen molar-refractivity contribution in [1.82, 2.24) is 0 Å². The number of benzene rings is 1. The summed E-state index contributed by atoms with van der Waals surface area (Å²) in [6.45, 7) is 0. The second-order valence-corrected chi connectivity index (χ2v) is 3.85. The van der Waals surface area contributed by atoms with Crippen LogP contribution in [0, 0.1) is 20.2 Å². The van der Waals surface area contributed by atoms with Gasteiger partial charge in [-0.25, -0.2) is 0 Å². The van der Waals surface area contributed by atoms with E-state index < -0.39 is 11.0 Å². The molecule has 84 valence electrons. The van der Waals surface area contributed by atoms with Crippen LogP contribution in [0.15, 0.2) is 18.2 Å². The van der Waals surface area contributed by atoms with Gasteiger partial charge in [0.15, 0.2) is 0 Å². The standard InChI is InChI=1S/C10H10N2O4/c13-11(14)8-4-5-9-7(6-8)2-1-3-10(9)12(15)16/h1-3,8H,4-6H2/t8-/m0/s1. The third kappa shape index (κ3) is 1.73. The van der Waals surface area contributed by atoms with Crippen LogP contribution in [0.3, 0.4) is 0 Å². The van der Waals surface area contributed by atoms with Crippen LogP contribution >= 0.6 is 0 Å². The smallest absolute Gasteiger partial charge is 0.264 e. The van der Waals surface area contributed by atoms with Crippen LogP contribution in [-0.2, 0) is 12.8 Å². The van der Waals surface area contributed by atoms with E-state index in [-0.39, 0.29) is 10.6 Å². The fourth-order valence-corrected chi connectivity index (χ4v) is 2.12. The minimum atomic E-state index is -0.602. The van der Waals surface area contributed by atoms with Gasteiger partial charge in [0.25, 0.3) is 5.69 Å². The van der Waals surface area contributed by atoms with E-state index >= 15 is 0 Å². The predicted molar refractivity (Wildman–Crippen MR) is 55.9 cm³/mol. The van der Waals surface area contributed by atoms with E-state index in [4.69, 9.17) is 0 Å². The van der Waals surface area contributed by atoms with Crippen molar-refractivity contribution in [2.75, 3.05) is 0 Å². The van der Waals surface area contributed by atoms with Gasteiger partial charge in [-0.05, 0) is 12.0 Å². The Balaban J connectivity index is 2.38. The highest BCUT2D eigenvalue weighted by molar-refractivity contribution is 5.47. The van der Waals surface area contributed by atoms with Gasteiger partial charge < -0.3 is 0 Å². The highest BCUT2D eigenvalue weighted by Gasteiger charge is 2.30. The second-order valence-electron chi connectivity index (χ2n) is 3.85. The Kier molecular flexibility index (Phi) is 2.55. The summed E-state index contributed by atoms with van der Waals surface area (Å²) in [6, 6.07) is 4.16. The Morgan fingerprint density at radius 3 is 2.62 bits per heavy atom. The van der Waals surface area contributed by atoms with Crippen molar-refractivity contribution in [3.05, 3.63) is 49.6 Å². The van der Waals surface area contributed by atoms with Gasteiger partial charge in [-0.2, -0.15) is 0 Å². The molecular weight excluding hydrogens is 212 g/mol. The van der Waals surface area contributed by atoms with Crippen LogP contribution in [0.1, 0.15) is 17.5 Å². The summed E-state index contributed by atoms with van der Waals surface area (Å²) in [7, 11) is 0. The highest BCUT2D eigenvalue weighted by atomic mass is 16.6. The molecule has 1 atom stereocenters. The maximum absolute atomic E-state index is 10.8. The lowest BCUT2D eigenvalue weighted by Gasteiger charge is -2.18. The third-order valence-electron chi connectivity index (χ3n) is 2.93. The van der Waals surface area contributed by atoms with Crippen molar-refractivity contribution in [3.63, 3.8) is 0 Å². The topological polar surface area (TPSA) is 86.3 Å². The zero-order valence-corrected chi connectivity index (χ0v) is 8.46. The van der Waals surface area contributed by atoms with Crippen molar-refractivity contribution in [1.29, 1.82) is 0 Å². The molecule has 0 saturated heterocycles. The Morgan fingerprint density at radius 1 is 1.25 bits per heavy atom. The van der Waals surface area contributed by atoms with Gasteiger partial charge in [0.05, 0.1) is 4.92 Å². The number of hydrogen-bond acceptors (Lipinski definition) is 4. The van der Waals surface area contributed by atoms with Crippen molar-refractivity contribution >= 4 is 5.69 Å². The number of nitro benzene ring substituents is 1. The summed E-state index contributed by atoms with van der Waals surface area (Å²) in [5.41, 5.74) is 1.48. The lowest BCUT2D eigenvalue weighted by molar-refractivity contribution is -0.523. The monoisotopic (exact) mass is 222 g/mol. The van der Waals surface area contributed by atoms with Gasteiger partial charge in [0.1, 0.15) is 0 Å². The molecule has 16 heavy (non-hydrogen) atoms. The van der Waals surface area contributed by atoms with Crippen molar-refractivity contribution in [2.45, 2.75) is 25.3 Å².